The van der Waals surface area contributed by atoms with E-state index in [2.05, 4.69) is 184 Å². The molecule has 0 saturated heterocycles. The number of furan rings is 1. The topological polar surface area (TPSA) is 13.1 Å². The molecule has 0 N–H and O–H groups in total. The summed E-state index contributed by atoms with van der Waals surface area (Å²) in [6, 6.07) is 62.4. The van der Waals surface area contributed by atoms with Crippen molar-refractivity contribution < 1.29 is 4.42 Å². The van der Waals surface area contributed by atoms with Crippen molar-refractivity contribution in [1.29, 1.82) is 0 Å². The zero-order valence-electron chi connectivity index (χ0n) is 29.1. The molecule has 1 aromatic heterocycles. The standard InChI is InChI=1S/C51H34O/c1-51(2)44-21-10-9-19-42(44)49-45(51)28-27-41-43-30-34(26-29-46(43)52-50(41)49)31-22-24-33(25-23-31)47-37-15-5-7-17-39(37)48(40-18-8-6-16-38(40)47)36-20-11-13-32-12-3-4-14-35(32)36/h3-30H,1-2H3. The maximum absolute atomic E-state index is 6.66. The highest BCUT2D eigenvalue weighted by molar-refractivity contribution is 6.23. The molecule has 0 bridgehead atoms. The van der Waals surface area contributed by atoms with Gasteiger partial charge in [0.15, 0.2) is 0 Å². The van der Waals surface area contributed by atoms with E-state index in [9.17, 15) is 0 Å². The molecule has 52 heavy (non-hydrogen) atoms. The molecule has 1 aliphatic rings. The molecule has 1 nitrogen and oxygen atoms in total. The molecule has 0 saturated carbocycles. The predicted octanol–water partition coefficient (Wildman–Crippen LogP) is 14.4. The maximum atomic E-state index is 6.66. The first kappa shape index (κ1) is 29.3. The van der Waals surface area contributed by atoms with E-state index in [4.69, 9.17) is 4.42 Å². The van der Waals surface area contributed by atoms with Crippen molar-refractivity contribution in [3.8, 4) is 44.5 Å². The number of hydrogen-bond acceptors (Lipinski definition) is 1. The van der Waals surface area contributed by atoms with Gasteiger partial charge in [0.05, 0.1) is 0 Å². The summed E-state index contributed by atoms with van der Waals surface area (Å²) in [7, 11) is 0. The fraction of sp³-hybridized carbons (Fsp3) is 0.0588. The van der Waals surface area contributed by atoms with E-state index in [0.717, 1.165) is 16.6 Å². The lowest BCUT2D eigenvalue weighted by Crippen LogP contribution is -2.14. The smallest absolute Gasteiger partial charge is 0.143 e. The van der Waals surface area contributed by atoms with Gasteiger partial charge in [-0.25, -0.2) is 0 Å². The minimum absolute atomic E-state index is 0.0567. The Hall–Kier alpha value is -6.44. The molecular weight excluding hydrogens is 629 g/mol. The molecule has 0 aliphatic heterocycles. The molecule has 1 aliphatic carbocycles. The van der Waals surface area contributed by atoms with E-state index >= 15 is 0 Å². The Labute approximate surface area is 302 Å². The third-order valence-corrected chi connectivity index (χ3v) is 11.7. The van der Waals surface area contributed by atoms with Crippen LogP contribution in [-0.4, -0.2) is 0 Å². The first-order chi connectivity index (χ1) is 25.6. The van der Waals surface area contributed by atoms with Gasteiger partial charge in [-0.15, -0.1) is 0 Å². The third-order valence-electron chi connectivity index (χ3n) is 11.7. The zero-order chi connectivity index (χ0) is 34.6. The van der Waals surface area contributed by atoms with Gasteiger partial charge >= 0.3 is 0 Å². The highest BCUT2D eigenvalue weighted by atomic mass is 16.3. The maximum Gasteiger partial charge on any atom is 0.143 e. The molecule has 0 fully saturated rings. The van der Waals surface area contributed by atoms with Crippen LogP contribution in [0.25, 0.3) is 98.8 Å². The predicted molar refractivity (Wildman–Crippen MR) is 220 cm³/mol. The number of rotatable bonds is 3. The quantitative estimate of drug-likeness (QED) is 0.172. The Morgan fingerprint density at radius 1 is 0.365 bits per heavy atom. The molecule has 9 aromatic carbocycles. The second-order valence-electron chi connectivity index (χ2n) is 14.8. The van der Waals surface area contributed by atoms with Gasteiger partial charge in [-0.1, -0.05) is 172 Å². The molecule has 0 radical (unpaired) electrons. The molecule has 244 valence electrons. The summed E-state index contributed by atoms with van der Waals surface area (Å²) in [4.78, 5) is 0. The molecule has 1 heteroatoms. The third kappa shape index (κ3) is 4.05. The van der Waals surface area contributed by atoms with E-state index in [-0.39, 0.29) is 5.41 Å². The van der Waals surface area contributed by atoms with Crippen LogP contribution < -0.4 is 0 Å². The van der Waals surface area contributed by atoms with Crippen molar-refractivity contribution >= 4 is 54.3 Å². The van der Waals surface area contributed by atoms with Crippen LogP contribution >= 0.6 is 0 Å². The van der Waals surface area contributed by atoms with E-state index in [1.807, 2.05) is 0 Å². The summed E-state index contributed by atoms with van der Waals surface area (Å²) in [5.41, 5.74) is 14.5. The average Bonchev–Trinajstić information content (AvgIpc) is 3.68. The number of fused-ring (bicyclic) bond motifs is 10. The van der Waals surface area contributed by atoms with Gasteiger partial charge in [0.2, 0.25) is 0 Å². The van der Waals surface area contributed by atoms with E-state index in [1.165, 1.54) is 93.3 Å². The molecule has 0 amide bonds. The minimum atomic E-state index is -0.0567. The van der Waals surface area contributed by atoms with Gasteiger partial charge < -0.3 is 4.42 Å². The first-order valence-electron chi connectivity index (χ1n) is 18.2. The molecule has 11 rings (SSSR count). The molecule has 0 unspecified atom stereocenters. The van der Waals surface area contributed by atoms with Crippen molar-refractivity contribution in [2.75, 3.05) is 0 Å². The monoisotopic (exact) mass is 662 g/mol. The van der Waals surface area contributed by atoms with Crippen LogP contribution in [0.15, 0.2) is 174 Å². The average molecular weight is 663 g/mol. The van der Waals surface area contributed by atoms with Gasteiger partial charge in [-0.2, -0.15) is 0 Å². The molecule has 0 spiro atoms. The number of hydrogen-bond donors (Lipinski definition) is 0. The largest absolute Gasteiger partial charge is 0.455 e. The van der Waals surface area contributed by atoms with Crippen LogP contribution in [0.1, 0.15) is 25.0 Å². The fourth-order valence-electron chi connectivity index (χ4n) is 9.20. The lowest BCUT2D eigenvalue weighted by molar-refractivity contribution is 0.653. The summed E-state index contributed by atoms with van der Waals surface area (Å²) in [6.07, 6.45) is 0. The Balaban J connectivity index is 1.06. The van der Waals surface area contributed by atoms with Crippen LogP contribution in [-0.2, 0) is 5.41 Å². The van der Waals surface area contributed by atoms with Crippen molar-refractivity contribution in [1.82, 2.24) is 0 Å². The lowest BCUT2D eigenvalue weighted by Gasteiger charge is -2.21. The molecule has 1 heterocycles. The van der Waals surface area contributed by atoms with Gasteiger partial charge in [0.25, 0.3) is 0 Å². The highest BCUT2D eigenvalue weighted by Gasteiger charge is 2.37. The van der Waals surface area contributed by atoms with Crippen molar-refractivity contribution in [2.24, 2.45) is 0 Å². The Kier molecular flexibility index (Phi) is 6.08. The van der Waals surface area contributed by atoms with E-state index < -0.39 is 0 Å². The van der Waals surface area contributed by atoms with Crippen LogP contribution in [0.2, 0.25) is 0 Å². The van der Waals surface area contributed by atoms with Crippen LogP contribution in [0.3, 0.4) is 0 Å². The van der Waals surface area contributed by atoms with Crippen molar-refractivity contribution in [3.63, 3.8) is 0 Å². The van der Waals surface area contributed by atoms with Crippen LogP contribution in [0.4, 0.5) is 0 Å². The van der Waals surface area contributed by atoms with Gasteiger partial charge in [-0.3, -0.25) is 0 Å². The van der Waals surface area contributed by atoms with Crippen LogP contribution in [0, 0.1) is 0 Å². The molecule has 0 atom stereocenters. The van der Waals surface area contributed by atoms with Gasteiger partial charge in [0.1, 0.15) is 11.2 Å². The summed E-state index contributed by atoms with van der Waals surface area (Å²) in [5, 5.41) is 9.93. The van der Waals surface area contributed by atoms with Crippen LogP contribution in [0.5, 0.6) is 0 Å². The first-order valence-corrected chi connectivity index (χ1v) is 18.2. The number of benzene rings is 9. The second-order valence-corrected chi connectivity index (χ2v) is 14.8. The Bertz CT molecular complexity index is 3020. The summed E-state index contributed by atoms with van der Waals surface area (Å²) >= 11 is 0. The van der Waals surface area contributed by atoms with E-state index in [1.54, 1.807) is 0 Å². The SMILES string of the molecule is CC1(C)c2ccccc2-c2c1ccc1c2oc2ccc(-c3ccc(-c4c5ccccc5c(-c5cccc6ccccc56)c5ccccc45)cc3)cc21. The summed E-state index contributed by atoms with van der Waals surface area (Å²) in [5.74, 6) is 0. The van der Waals surface area contributed by atoms with Gasteiger partial charge in [0, 0.05) is 21.8 Å². The van der Waals surface area contributed by atoms with E-state index in [0.29, 0.717) is 0 Å². The van der Waals surface area contributed by atoms with Crippen molar-refractivity contribution in [2.45, 2.75) is 19.3 Å². The second kappa shape index (κ2) is 10.8. The lowest BCUT2D eigenvalue weighted by atomic mass is 9.82. The van der Waals surface area contributed by atoms with Gasteiger partial charge in [-0.05, 0) is 94.5 Å². The molecule has 10 aromatic rings. The molecular formula is C51H34O. The fourth-order valence-corrected chi connectivity index (χ4v) is 9.20. The zero-order valence-corrected chi connectivity index (χ0v) is 29.1. The highest BCUT2D eigenvalue weighted by Crippen LogP contribution is 2.52. The Morgan fingerprint density at radius 3 is 1.69 bits per heavy atom. The Morgan fingerprint density at radius 2 is 0.942 bits per heavy atom. The normalized spacial score (nSPS) is 13.3. The van der Waals surface area contributed by atoms with Crippen molar-refractivity contribution in [3.05, 3.63) is 181 Å². The summed E-state index contributed by atoms with van der Waals surface area (Å²) in [6.45, 7) is 4.64. The summed E-state index contributed by atoms with van der Waals surface area (Å²) < 4.78 is 6.66. The minimum Gasteiger partial charge on any atom is -0.455 e.